The first-order valence-electron chi connectivity index (χ1n) is 7.57. The van der Waals surface area contributed by atoms with Gasteiger partial charge in [0.2, 0.25) is 5.91 Å². The van der Waals surface area contributed by atoms with Gasteiger partial charge in [0.05, 0.1) is 18.8 Å². The van der Waals surface area contributed by atoms with Crippen LogP contribution in [0.15, 0.2) is 0 Å². The van der Waals surface area contributed by atoms with Crippen molar-refractivity contribution < 1.29 is 9.53 Å². The summed E-state index contributed by atoms with van der Waals surface area (Å²) in [5.74, 6) is 0.157. The normalized spacial score (nSPS) is 28.0. The number of nitrogens with one attached hydrogen (secondary N) is 1. The molecule has 0 bridgehead atoms. The maximum Gasteiger partial charge on any atom is 0.237 e. The molecule has 1 heterocycles. The first-order chi connectivity index (χ1) is 9.20. The number of hydrogen-bond donors (Lipinski definition) is 2. The minimum absolute atomic E-state index is 0.0682. The van der Waals surface area contributed by atoms with E-state index >= 15 is 0 Å². The largest absolute Gasteiger partial charge is 0.374 e. The van der Waals surface area contributed by atoms with Crippen LogP contribution in [0.4, 0.5) is 0 Å². The number of nitrogens with zero attached hydrogens (tertiary/aromatic N) is 1. The van der Waals surface area contributed by atoms with Gasteiger partial charge in [-0.3, -0.25) is 9.69 Å². The van der Waals surface area contributed by atoms with Gasteiger partial charge < -0.3 is 15.8 Å². The van der Waals surface area contributed by atoms with Crippen molar-refractivity contribution in [1.82, 2.24) is 10.2 Å². The summed E-state index contributed by atoms with van der Waals surface area (Å²) < 4.78 is 5.54. The first kappa shape index (κ1) is 14.8. The number of hydrogen-bond acceptors (Lipinski definition) is 4. The number of carbonyl (C=O) groups is 1. The molecule has 0 aromatic carbocycles. The average molecular weight is 269 g/mol. The number of rotatable bonds is 4. The van der Waals surface area contributed by atoms with E-state index in [0.29, 0.717) is 19.2 Å². The molecule has 110 valence electrons. The third kappa shape index (κ3) is 4.16. The molecule has 0 radical (unpaired) electrons. The van der Waals surface area contributed by atoms with Crippen molar-refractivity contribution >= 4 is 5.91 Å². The Hall–Kier alpha value is -0.650. The van der Waals surface area contributed by atoms with E-state index in [1.54, 1.807) is 0 Å². The monoisotopic (exact) mass is 269 g/mol. The first-order valence-corrected chi connectivity index (χ1v) is 7.57. The summed E-state index contributed by atoms with van der Waals surface area (Å²) in [4.78, 5) is 14.5. The van der Waals surface area contributed by atoms with Gasteiger partial charge in [0.1, 0.15) is 0 Å². The highest BCUT2D eigenvalue weighted by atomic mass is 16.5. The Labute approximate surface area is 115 Å². The number of morpholine rings is 1. The Morgan fingerprint density at radius 1 is 1.42 bits per heavy atom. The molecule has 5 heteroatoms. The molecule has 1 aliphatic heterocycles. The summed E-state index contributed by atoms with van der Waals surface area (Å²) in [5.41, 5.74) is 5.64. The molecule has 5 nitrogen and oxygen atoms in total. The van der Waals surface area contributed by atoms with Crippen LogP contribution in [-0.4, -0.2) is 55.2 Å². The summed E-state index contributed by atoms with van der Waals surface area (Å²) in [6, 6.07) is 0.301. The van der Waals surface area contributed by atoms with Gasteiger partial charge in [-0.15, -0.1) is 0 Å². The van der Waals surface area contributed by atoms with E-state index in [1.165, 1.54) is 19.3 Å². The molecule has 0 aromatic heterocycles. The summed E-state index contributed by atoms with van der Waals surface area (Å²) in [5, 5.41) is 3.20. The standard InChI is InChI=1S/C14H27N3O2/c1-11(17-7-8-19-13(9-15)10-17)14(18)16-12-5-3-2-4-6-12/h11-13H,2-10,15H2,1H3,(H,16,18). The topological polar surface area (TPSA) is 67.6 Å². The maximum atomic E-state index is 12.3. The second-order valence-corrected chi connectivity index (χ2v) is 5.74. The van der Waals surface area contributed by atoms with Crippen LogP contribution in [0.25, 0.3) is 0 Å². The molecule has 19 heavy (non-hydrogen) atoms. The molecule has 3 N–H and O–H groups in total. The van der Waals surface area contributed by atoms with Gasteiger partial charge in [-0.2, -0.15) is 0 Å². The second-order valence-electron chi connectivity index (χ2n) is 5.74. The summed E-state index contributed by atoms with van der Waals surface area (Å²) in [7, 11) is 0. The molecule has 1 saturated carbocycles. The smallest absolute Gasteiger partial charge is 0.237 e. The summed E-state index contributed by atoms with van der Waals surface area (Å²) in [6.07, 6.45) is 6.13. The Bertz CT molecular complexity index is 292. The lowest BCUT2D eigenvalue weighted by Gasteiger charge is -2.36. The van der Waals surface area contributed by atoms with Gasteiger partial charge in [0.25, 0.3) is 0 Å². The van der Waals surface area contributed by atoms with Crippen LogP contribution in [0.2, 0.25) is 0 Å². The quantitative estimate of drug-likeness (QED) is 0.779. The SMILES string of the molecule is CC(C(=O)NC1CCCCC1)N1CCOC(CN)C1. The van der Waals surface area contributed by atoms with E-state index in [1.807, 2.05) is 6.92 Å². The Morgan fingerprint density at radius 2 is 2.16 bits per heavy atom. The predicted octanol–water partition coefficient (Wildman–Crippen LogP) is 0.483. The highest BCUT2D eigenvalue weighted by Gasteiger charge is 2.28. The van der Waals surface area contributed by atoms with Gasteiger partial charge >= 0.3 is 0 Å². The predicted molar refractivity (Wildman–Crippen MR) is 74.8 cm³/mol. The van der Waals surface area contributed by atoms with Crippen LogP contribution in [0, 0.1) is 0 Å². The van der Waals surface area contributed by atoms with E-state index in [0.717, 1.165) is 25.9 Å². The van der Waals surface area contributed by atoms with Crippen LogP contribution in [0.5, 0.6) is 0 Å². The van der Waals surface area contributed by atoms with Crippen molar-refractivity contribution in [1.29, 1.82) is 0 Å². The number of nitrogens with two attached hydrogens (primary N) is 1. The maximum absolute atomic E-state index is 12.3. The lowest BCUT2D eigenvalue weighted by atomic mass is 9.95. The van der Waals surface area contributed by atoms with E-state index < -0.39 is 0 Å². The fourth-order valence-corrected chi connectivity index (χ4v) is 2.97. The van der Waals surface area contributed by atoms with Crippen molar-refractivity contribution in [3.05, 3.63) is 0 Å². The lowest BCUT2D eigenvalue weighted by molar-refractivity contribution is -0.129. The van der Waals surface area contributed by atoms with Crippen LogP contribution >= 0.6 is 0 Å². The average Bonchev–Trinajstić information content (AvgIpc) is 2.47. The zero-order valence-corrected chi connectivity index (χ0v) is 11.9. The van der Waals surface area contributed by atoms with Crippen molar-refractivity contribution in [2.45, 2.75) is 57.2 Å². The molecule has 1 aliphatic carbocycles. The third-order valence-corrected chi connectivity index (χ3v) is 4.31. The lowest BCUT2D eigenvalue weighted by Crippen LogP contribution is -2.55. The van der Waals surface area contributed by atoms with Gasteiger partial charge in [0.15, 0.2) is 0 Å². The van der Waals surface area contributed by atoms with Crippen LogP contribution in [0.3, 0.4) is 0 Å². The minimum Gasteiger partial charge on any atom is -0.374 e. The van der Waals surface area contributed by atoms with Crippen LogP contribution < -0.4 is 11.1 Å². The van der Waals surface area contributed by atoms with E-state index in [9.17, 15) is 4.79 Å². The van der Waals surface area contributed by atoms with Crippen LogP contribution in [0.1, 0.15) is 39.0 Å². The Morgan fingerprint density at radius 3 is 2.84 bits per heavy atom. The van der Waals surface area contributed by atoms with E-state index in [4.69, 9.17) is 10.5 Å². The number of amides is 1. The zero-order valence-electron chi connectivity index (χ0n) is 11.9. The van der Waals surface area contributed by atoms with E-state index in [2.05, 4.69) is 10.2 Å². The summed E-state index contributed by atoms with van der Waals surface area (Å²) in [6.45, 7) is 4.75. The highest BCUT2D eigenvalue weighted by molar-refractivity contribution is 5.81. The fourth-order valence-electron chi connectivity index (χ4n) is 2.97. The number of carbonyl (C=O) groups excluding carboxylic acids is 1. The molecular formula is C14H27N3O2. The molecule has 1 amide bonds. The number of ether oxygens (including phenoxy) is 1. The third-order valence-electron chi connectivity index (χ3n) is 4.31. The van der Waals surface area contributed by atoms with Crippen molar-refractivity contribution in [2.24, 2.45) is 5.73 Å². The second kappa shape index (κ2) is 7.22. The molecule has 2 aliphatic rings. The Balaban J connectivity index is 1.80. The molecule has 2 unspecified atom stereocenters. The highest BCUT2D eigenvalue weighted by Crippen LogP contribution is 2.18. The molecule has 2 atom stereocenters. The van der Waals surface area contributed by atoms with Crippen molar-refractivity contribution in [2.75, 3.05) is 26.2 Å². The fraction of sp³-hybridized carbons (Fsp3) is 0.929. The zero-order chi connectivity index (χ0) is 13.7. The summed E-state index contributed by atoms with van der Waals surface area (Å²) >= 11 is 0. The van der Waals surface area contributed by atoms with Gasteiger partial charge in [-0.1, -0.05) is 19.3 Å². The van der Waals surface area contributed by atoms with Gasteiger partial charge in [0, 0.05) is 25.7 Å². The molecule has 2 fully saturated rings. The molecule has 0 aromatic rings. The Kier molecular flexibility index (Phi) is 5.60. The molecule has 2 rings (SSSR count). The molecular weight excluding hydrogens is 242 g/mol. The van der Waals surface area contributed by atoms with Gasteiger partial charge in [-0.05, 0) is 19.8 Å². The molecule has 1 saturated heterocycles. The van der Waals surface area contributed by atoms with E-state index in [-0.39, 0.29) is 18.1 Å². The van der Waals surface area contributed by atoms with Crippen molar-refractivity contribution in [3.63, 3.8) is 0 Å². The van der Waals surface area contributed by atoms with Gasteiger partial charge in [-0.25, -0.2) is 0 Å². The van der Waals surface area contributed by atoms with Crippen LogP contribution in [-0.2, 0) is 9.53 Å². The minimum atomic E-state index is -0.0834. The molecule has 0 spiro atoms. The van der Waals surface area contributed by atoms with Crippen molar-refractivity contribution in [3.8, 4) is 0 Å².